The quantitative estimate of drug-likeness (QED) is 0.457. The van der Waals surface area contributed by atoms with Crippen molar-refractivity contribution in [1.82, 2.24) is 0 Å². The van der Waals surface area contributed by atoms with E-state index < -0.39 is 10.5 Å². The summed E-state index contributed by atoms with van der Waals surface area (Å²) in [4.78, 5) is 21.6. The van der Waals surface area contributed by atoms with Crippen LogP contribution < -0.4 is 0 Å². The van der Waals surface area contributed by atoms with E-state index in [1.54, 1.807) is 18.2 Å². The van der Waals surface area contributed by atoms with Gasteiger partial charge in [-0.1, -0.05) is 18.2 Å². The summed E-state index contributed by atoms with van der Waals surface area (Å²) >= 11 is 0. The van der Waals surface area contributed by atoms with Crippen molar-refractivity contribution in [1.29, 1.82) is 0 Å². The first-order chi connectivity index (χ1) is 8.00. The van der Waals surface area contributed by atoms with Gasteiger partial charge in [0.05, 0.1) is 4.92 Å². The van der Waals surface area contributed by atoms with Gasteiger partial charge in [-0.3, -0.25) is 14.9 Å². The summed E-state index contributed by atoms with van der Waals surface area (Å²) in [5.74, 6) is -0.230. The number of cyclic esters (lactones) is 1. The zero-order valence-corrected chi connectivity index (χ0v) is 9.51. The van der Waals surface area contributed by atoms with Crippen molar-refractivity contribution in [2.24, 2.45) is 0 Å². The topological polar surface area (TPSA) is 69.4 Å². The Morgan fingerprint density at radius 2 is 2.18 bits per heavy atom. The molecule has 1 fully saturated rings. The Labute approximate surface area is 98.5 Å². The van der Waals surface area contributed by atoms with Gasteiger partial charge < -0.3 is 4.74 Å². The van der Waals surface area contributed by atoms with Crippen LogP contribution in [0.1, 0.15) is 25.3 Å². The van der Waals surface area contributed by atoms with E-state index in [-0.39, 0.29) is 11.7 Å². The molecule has 0 bridgehead atoms. The summed E-state index contributed by atoms with van der Waals surface area (Å²) in [6.07, 6.45) is 1.38. The van der Waals surface area contributed by atoms with Gasteiger partial charge in [-0.25, -0.2) is 0 Å². The van der Waals surface area contributed by atoms with E-state index in [0.717, 1.165) is 0 Å². The van der Waals surface area contributed by atoms with Gasteiger partial charge in [-0.05, 0) is 13.3 Å². The molecular formula is C12H13NO4. The lowest BCUT2D eigenvalue weighted by Crippen LogP contribution is -2.27. The molecule has 0 N–H and O–H groups in total. The van der Waals surface area contributed by atoms with E-state index in [9.17, 15) is 14.9 Å². The van der Waals surface area contributed by atoms with Crippen LogP contribution >= 0.6 is 0 Å². The Kier molecular flexibility index (Phi) is 2.83. The van der Waals surface area contributed by atoms with Crippen molar-refractivity contribution < 1.29 is 14.5 Å². The van der Waals surface area contributed by atoms with Crippen LogP contribution in [0.2, 0.25) is 0 Å². The zero-order chi connectivity index (χ0) is 12.5. The third-order valence-corrected chi connectivity index (χ3v) is 2.97. The van der Waals surface area contributed by atoms with Gasteiger partial charge in [0, 0.05) is 24.5 Å². The van der Waals surface area contributed by atoms with Crippen molar-refractivity contribution >= 4 is 11.7 Å². The minimum Gasteiger partial charge on any atom is -0.459 e. The first-order valence-corrected chi connectivity index (χ1v) is 5.44. The second-order valence-electron chi connectivity index (χ2n) is 4.49. The van der Waals surface area contributed by atoms with E-state index >= 15 is 0 Å². The van der Waals surface area contributed by atoms with Crippen molar-refractivity contribution in [3.63, 3.8) is 0 Å². The number of esters is 1. The van der Waals surface area contributed by atoms with E-state index in [0.29, 0.717) is 24.8 Å². The van der Waals surface area contributed by atoms with E-state index in [4.69, 9.17) is 4.74 Å². The van der Waals surface area contributed by atoms with Crippen molar-refractivity contribution in [3.8, 4) is 0 Å². The summed E-state index contributed by atoms with van der Waals surface area (Å²) in [5, 5.41) is 10.9. The lowest BCUT2D eigenvalue weighted by Gasteiger charge is -2.22. The first-order valence-electron chi connectivity index (χ1n) is 5.44. The fraction of sp³-hybridized carbons (Fsp3) is 0.417. The number of benzene rings is 1. The normalized spacial score (nSPS) is 23.5. The molecule has 0 radical (unpaired) electrons. The molecule has 1 unspecified atom stereocenters. The number of nitro benzene ring substituents is 1. The maximum absolute atomic E-state index is 11.1. The average Bonchev–Trinajstić information content (AvgIpc) is 2.59. The highest BCUT2D eigenvalue weighted by Crippen LogP contribution is 2.32. The second-order valence-corrected chi connectivity index (χ2v) is 4.49. The molecule has 0 saturated carbocycles. The number of carbonyl (C=O) groups excluding carboxylic acids is 1. The summed E-state index contributed by atoms with van der Waals surface area (Å²) in [7, 11) is 0. The Bertz CT molecular complexity index is 471. The van der Waals surface area contributed by atoms with Crippen LogP contribution in [-0.4, -0.2) is 16.5 Å². The number of ether oxygens (including phenoxy) is 1. The van der Waals surface area contributed by atoms with Crippen molar-refractivity contribution in [2.45, 2.75) is 31.8 Å². The highest BCUT2D eigenvalue weighted by Gasteiger charge is 2.37. The number of carbonyl (C=O) groups is 1. The third kappa shape index (κ3) is 2.43. The maximum Gasteiger partial charge on any atom is 0.306 e. The predicted molar refractivity (Wildman–Crippen MR) is 60.5 cm³/mol. The number of nitro groups is 1. The number of hydrogen-bond acceptors (Lipinski definition) is 4. The Morgan fingerprint density at radius 3 is 2.76 bits per heavy atom. The molecule has 0 aliphatic carbocycles. The fourth-order valence-corrected chi connectivity index (χ4v) is 2.11. The van der Waals surface area contributed by atoms with Gasteiger partial charge >= 0.3 is 5.97 Å². The molecule has 5 nitrogen and oxygen atoms in total. The standard InChI is InChI=1S/C12H13NO4/c1-12(7-6-11(14)17-12)8-9-4-2-3-5-10(9)13(15)16/h2-5H,6-8H2,1H3. The number of nitrogens with zero attached hydrogens (tertiary/aromatic N) is 1. The molecule has 90 valence electrons. The van der Waals surface area contributed by atoms with Crippen LogP contribution in [0, 0.1) is 10.1 Å². The lowest BCUT2D eigenvalue weighted by molar-refractivity contribution is -0.385. The van der Waals surface area contributed by atoms with Gasteiger partial charge in [0.15, 0.2) is 0 Å². The highest BCUT2D eigenvalue weighted by atomic mass is 16.6. The smallest absolute Gasteiger partial charge is 0.306 e. The fourth-order valence-electron chi connectivity index (χ4n) is 2.11. The lowest BCUT2D eigenvalue weighted by atomic mass is 9.93. The molecule has 17 heavy (non-hydrogen) atoms. The van der Waals surface area contributed by atoms with Crippen LogP contribution in [-0.2, 0) is 16.0 Å². The zero-order valence-electron chi connectivity index (χ0n) is 9.51. The van der Waals surface area contributed by atoms with E-state index in [1.165, 1.54) is 6.07 Å². The molecule has 1 aliphatic rings. The van der Waals surface area contributed by atoms with Gasteiger partial charge in [0.25, 0.3) is 5.69 Å². The van der Waals surface area contributed by atoms with E-state index in [1.807, 2.05) is 6.92 Å². The molecule has 2 rings (SSSR count). The first kappa shape index (κ1) is 11.6. The van der Waals surface area contributed by atoms with Crippen molar-refractivity contribution in [3.05, 3.63) is 39.9 Å². The summed E-state index contributed by atoms with van der Waals surface area (Å²) in [6, 6.07) is 6.55. The van der Waals surface area contributed by atoms with Gasteiger partial charge in [-0.2, -0.15) is 0 Å². The molecule has 1 aliphatic heterocycles. The predicted octanol–water partition coefficient (Wildman–Crippen LogP) is 2.23. The number of para-hydroxylation sites is 1. The van der Waals surface area contributed by atoms with Crippen molar-refractivity contribution in [2.75, 3.05) is 0 Å². The van der Waals surface area contributed by atoms with Gasteiger partial charge in [-0.15, -0.1) is 0 Å². The van der Waals surface area contributed by atoms with Crippen LogP contribution in [0.25, 0.3) is 0 Å². The number of rotatable bonds is 3. The molecule has 1 heterocycles. The molecular weight excluding hydrogens is 222 g/mol. The monoisotopic (exact) mass is 235 g/mol. The van der Waals surface area contributed by atoms with Crippen LogP contribution in [0.5, 0.6) is 0 Å². The highest BCUT2D eigenvalue weighted by molar-refractivity contribution is 5.72. The Hall–Kier alpha value is -1.91. The minimum absolute atomic E-state index is 0.0803. The molecule has 0 spiro atoms. The maximum atomic E-state index is 11.1. The third-order valence-electron chi connectivity index (χ3n) is 2.97. The Morgan fingerprint density at radius 1 is 1.47 bits per heavy atom. The second kappa shape index (κ2) is 4.16. The van der Waals surface area contributed by atoms with Crippen LogP contribution in [0.3, 0.4) is 0 Å². The van der Waals surface area contributed by atoms with Gasteiger partial charge in [0.1, 0.15) is 5.60 Å². The summed E-state index contributed by atoms with van der Waals surface area (Å²) in [6.45, 7) is 1.81. The summed E-state index contributed by atoms with van der Waals surface area (Å²) in [5.41, 5.74) is 0.0785. The SMILES string of the molecule is CC1(Cc2ccccc2[N+](=O)[O-])CCC(=O)O1. The van der Waals surface area contributed by atoms with Gasteiger partial charge in [0.2, 0.25) is 0 Å². The molecule has 5 heteroatoms. The molecule has 1 aromatic rings. The van der Waals surface area contributed by atoms with E-state index in [2.05, 4.69) is 0 Å². The largest absolute Gasteiger partial charge is 0.459 e. The van der Waals surface area contributed by atoms with Crippen LogP contribution in [0.15, 0.2) is 24.3 Å². The number of hydrogen-bond donors (Lipinski definition) is 0. The Balaban J connectivity index is 2.24. The summed E-state index contributed by atoms with van der Waals surface area (Å²) < 4.78 is 5.23. The minimum atomic E-state index is -0.608. The molecule has 1 saturated heterocycles. The average molecular weight is 235 g/mol. The molecule has 1 atom stereocenters. The molecule has 1 aromatic carbocycles. The molecule has 0 aromatic heterocycles. The molecule has 0 amide bonds. The van der Waals surface area contributed by atoms with Crippen LogP contribution in [0.4, 0.5) is 5.69 Å².